The zero-order chi connectivity index (χ0) is 28.2. The van der Waals surface area contributed by atoms with Gasteiger partial charge in [-0.25, -0.2) is 9.37 Å². The number of hydrogen-bond acceptors (Lipinski definition) is 7. The summed E-state index contributed by atoms with van der Waals surface area (Å²) in [4.78, 5) is 25.6. The van der Waals surface area contributed by atoms with E-state index in [4.69, 9.17) is 11.5 Å². The molecule has 0 saturated heterocycles. The first-order chi connectivity index (χ1) is 18.9. The summed E-state index contributed by atoms with van der Waals surface area (Å²) < 4.78 is 13.2. The van der Waals surface area contributed by atoms with Gasteiger partial charge in [-0.2, -0.15) is 0 Å². The number of aromatic nitrogens is 1. The number of amides is 1. The molecular formula is C29H33FN8O. The van der Waals surface area contributed by atoms with Gasteiger partial charge < -0.3 is 16.8 Å². The Balaban J connectivity index is 1.90. The van der Waals surface area contributed by atoms with Crippen LogP contribution in [0.4, 0.5) is 10.2 Å². The number of nitrogens with two attached hydrogens (primary N) is 2. The van der Waals surface area contributed by atoms with E-state index in [1.807, 2.05) is 37.3 Å². The number of nitrogens with zero attached hydrogens (tertiary/aromatic N) is 3. The van der Waals surface area contributed by atoms with Crippen LogP contribution >= 0.6 is 0 Å². The van der Waals surface area contributed by atoms with Crippen LogP contribution in [0.5, 0.6) is 0 Å². The van der Waals surface area contributed by atoms with Crippen LogP contribution in [0.2, 0.25) is 0 Å². The van der Waals surface area contributed by atoms with Gasteiger partial charge in [-0.3, -0.25) is 25.6 Å². The van der Waals surface area contributed by atoms with Crippen LogP contribution in [0.15, 0.2) is 83.2 Å². The molecule has 1 aromatic heterocycles. The lowest BCUT2D eigenvalue weighted by Gasteiger charge is -2.14. The molecular weight excluding hydrogens is 495 g/mol. The Labute approximate surface area is 227 Å². The second-order valence-corrected chi connectivity index (χ2v) is 8.41. The first kappa shape index (κ1) is 28.6. The molecule has 0 aliphatic rings. The lowest BCUT2D eigenvalue weighted by Crippen LogP contribution is -2.42. The molecule has 39 heavy (non-hydrogen) atoms. The van der Waals surface area contributed by atoms with Crippen molar-refractivity contribution in [3.05, 3.63) is 95.7 Å². The minimum Gasteiger partial charge on any atom is -0.404 e. The number of halogens is 1. The van der Waals surface area contributed by atoms with Gasteiger partial charge in [0.2, 0.25) is 0 Å². The number of rotatable bonds is 9. The molecule has 9 nitrogen and oxygen atoms in total. The predicted octanol–water partition coefficient (Wildman–Crippen LogP) is 3.66. The first-order valence-electron chi connectivity index (χ1n) is 12.3. The van der Waals surface area contributed by atoms with Crippen LogP contribution in [0, 0.1) is 5.82 Å². The van der Waals surface area contributed by atoms with Crippen LogP contribution in [-0.4, -0.2) is 37.0 Å². The van der Waals surface area contributed by atoms with Gasteiger partial charge in [0.25, 0.3) is 5.91 Å². The third-order valence-corrected chi connectivity index (χ3v) is 5.84. The van der Waals surface area contributed by atoms with Crippen molar-refractivity contribution >= 4 is 34.9 Å². The van der Waals surface area contributed by atoms with Gasteiger partial charge in [-0.05, 0) is 34.9 Å². The summed E-state index contributed by atoms with van der Waals surface area (Å²) >= 11 is 0. The molecule has 0 unspecified atom stereocenters. The van der Waals surface area contributed by atoms with Crippen LogP contribution in [0.1, 0.15) is 30.0 Å². The lowest BCUT2D eigenvalue weighted by atomic mass is 9.98. The SMILES string of the molecule is CCC(=NC)NNC(=O)/C(=C\NCc1ccc(F)cc1)c1ccc(-c2cc(/C(C=NC)=C/N)cnc2N)cc1. The second kappa shape index (κ2) is 14.1. The van der Waals surface area contributed by atoms with Crippen molar-refractivity contribution in [2.24, 2.45) is 15.7 Å². The highest BCUT2D eigenvalue weighted by Gasteiger charge is 2.14. The average Bonchev–Trinajstić information content (AvgIpc) is 2.96. The molecule has 10 heteroatoms. The smallest absolute Gasteiger partial charge is 0.271 e. The topological polar surface area (TPSA) is 143 Å². The van der Waals surface area contributed by atoms with Crippen LogP contribution in [0.25, 0.3) is 22.3 Å². The van der Waals surface area contributed by atoms with Gasteiger partial charge in [0.1, 0.15) is 17.5 Å². The molecule has 7 N–H and O–H groups in total. The minimum absolute atomic E-state index is 0.306. The Hall–Kier alpha value is -4.99. The number of aliphatic imine (C=N–C) groups is 2. The Bertz CT molecular complexity index is 1390. The first-order valence-corrected chi connectivity index (χ1v) is 12.3. The third kappa shape index (κ3) is 7.75. The number of pyridine rings is 1. The normalized spacial score (nSPS) is 12.5. The van der Waals surface area contributed by atoms with E-state index < -0.39 is 0 Å². The standard InChI is InChI=1S/C29H33FN8O/c1-4-27(34-3)37-38-29(39)26(18-35-15-19-5-11-24(30)12-6-19)21-9-7-20(8-10-21)25-13-22(17-36-28(25)32)23(14-31)16-33-2/h5-14,16-18,35H,4,15,31H2,1-3H3,(H2,32,36)(H,34,37)(H,38,39)/b23-14+,26-18-,33-16?. The van der Waals surface area contributed by atoms with E-state index in [-0.39, 0.29) is 11.7 Å². The van der Waals surface area contributed by atoms with Crippen molar-refractivity contribution in [3.63, 3.8) is 0 Å². The zero-order valence-electron chi connectivity index (χ0n) is 22.2. The predicted molar refractivity (Wildman–Crippen MR) is 157 cm³/mol. The number of carbonyl (C=O) groups excluding carboxylic acids is 1. The molecule has 0 radical (unpaired) electrons. The highest BCUT2D eigenvalue weighted by Crippen LogP contribution is 2.28. The van der Waals surface area contributed by atoms with Crippen molar-refractivity contribution in [2.45, 2.75) is 19.9 Å². The monoisotopic (exact) mass is 528 g/mol. The second-order valence-electron chi connectivity index (χ2n) is 8.41. The van der Waals surface area contributed by atoms with E-state index in [1.54, 1.807) is 44.8 Å². The maximum Gasteiger partial charge on any atom is 0.271 e. The maximum atomic E-state index is 13.2. The fraction of sp³-hybridized carbons (Fsp3) is 0.172. The van der Waals surface area contributed by atoms with E-state index in [9.17, 15) is 9.18 Å². The summed E-state index contributed by atoms with van der Waals surface area (Å²) in [6, 6.07) is 15.4. The van der Waals surface area contributed by atoms with Crippen molar-refractivity contribution < 1.29 is 9.18 Å². The lowest BCUT2D eigenvalue weighted by molar-refractivity contribution is -0.116. The van der Waals surface area contributed by atoms with Crippen LogP contribution in [0.3, 0.4) is 0 Å². The molecule has 202 valence electrons. The largest absolute Gasteiger partial charge is 0.404 e. The summed E-state index contributed by atoms with van der Waals surface area (Å²) in [5, 5.41) is 3.15. The molecule has 0 fully saturated rings. The third-order valence-electron chi connectivity index (χ3n) is 5.84. The fourth-order valence-corrected chi connectivity index (χ4v) is 3.70. The van der Waals surface area contributed by atoms with E-state index >= 15 is 0 Å². The zero-order valence-corrected chi connectivity index (χ0v) is 22.2. The summed E-state index contributed by atoms with van der Waals surface area (Å²) in [7, 11) is 3.31. The fourth-order valence-electron chi connectivity index (χ4n) is 3.70. The molecule has 0 atom stereocenters. The van der Waals surface area contributed by atoms with Crippen molar-refractivity contribution in [1.29, 1.82) is 0 Å². The Morgan fingerprint density at radius 3 is 2.38 bits per heavy atom. The maximum absolute atomic E-state index is 13.2. The summed E-state index contributed by atoms with van der Waals surface area (Å²) in [6.45, 7) is 2.34. The number of allylic oxidation sites excluding steroid dienone is 1. The van der Waals surface area contributed by atoms with Gasteiger partial charge >= 0.3 is 0 Å². The van der Waals surface area contributed by atoms with Gasteiger partial charge in [-0.15, -0.1) is 0 Å². The summed E-state index contributed by atoms with van der Waals surface area (Å²) in [5.74, 6) is 0.337. The quantitative estimate of drug-likeness (QED) is 0.124. The van der Waals surface area contributed by atoms with E-state index in [2.05, 4.69) is 31.1 Å². The Kier molecular flexibility index (Phi) is 10.3. The van der Waals surface area contributed by atoms with Crippen LogP contribution in [-0.2, 0) is 11.3 Å². The van der Waals surface area contributed by atoms with Gasteiger partial charge in [-0.1, -0.05) is 43.3 Å². The Morgan fingerprint density at radius 1 is 1.05 bits per heavy atom. The van der Waals surface area contributed by atoms with Crippen molar-refractivity contribution in [2.75, 3.05) is 19.8 Å². The van der Waals surface area contributed by atoms with Crippen LogP contribution < -0.4 is 27.6 Å². The number of nitrogens with one attached hydrogen (secondary N) is 3. The van der Waals surface area contributed by atoms with Gasteiger partial charge in [0.15, 0.2) is 0 Å². The number of hydrazine groups is 1. The molecule has 3 rings (SSSR count). The highest BCUT2D eigenvalue weighted by molar-refractivity contribution is 6.19. The van der Waals surface area contributed by atoms with Gasteiger partial charge in [0.05, 0.1) is 5.57 Å². The summed E-state index contributed by atoms with van der Waals surface area (Å²) in [5.41, 5.74) is 22.4. The van der Waals surface area contributed by atoms with Gasteiger partial charge in [0, 0.05) is 68.6 Å². The van der Waals surface area contributed by atoms with Crippen molar-refractivity contribution in [1.82, 2.24) is 21.2 Å². The molecule has 1 heterocycles. The molecule has 0 saturated carbocycles. The molecule has 0 bridgehead atoms. The average molecular weight is 529 g/mol. The number of benzene rings is 2. The van der Waals surface area contributed by atoms with Crippen molar-refractivity contribution in [3.8, 4) is 11.1 Å². The van der Waals surface area contributed by atoms with E-state index in [0.717, 1.165) is 22.3 Å². The molecule has 1 amide bonds. The Morgan fingerprint density at radius 2 is 1.77 bits per heavy atom. The minimum atomic E-state index is -0.358. The molecule has 2 aromatic carbocycles. The number of nitrogen functional groups attached to an aromatic ring is 1. The number of hydrogen-bond donors (Lipinski definition) is 5. The van der Waals surface area contributed by atoms with E-state index in [1.165, 1.54) is 18.3 Å². The molecule has 0 aliphatic heterocycles. The van der Waals surface area contributed by atoms with E-state index in [0.29, 0.717) is 41.3 Å². The number of carbonyl (C=O) groups is 1. The molecule has 3 aromatic rings. The number of amidine groups is 1. The highest BCUT2D eigenvalue weighted by atomic mass is 19.1. The summed E-state index contributed by atoms with van der Waals surface area (Å²) in [6.07, 6.45) is 7.01. The molecule has 0 spiro atoms. The molecule has 0 aliphatic carbocycles. The number of anilines is 1.